The molecule has 0 spiro atoms. The van der Waals surface area contributed by atoms with Crippen molar-refractivity contribution in [1.82, 2.24) is 10.3 Å². The van der Waals surface area contributed by atoms with Gasteiger partial charge in [0, 0.05) is 19.3 Å². The number of nitrogens with one attached hydrogen (secondary N) is 3. The number of aromatic nitrogens is 1. The van der Waals surface area contributed by atoms with Crippen LogP contribution < -0.4 is 16.0 Å². The van der Waals surface area contributed by atoms with Crippen molar-refractivity contribution < 1.29 is 4.74 Å². The van der Waals surface area contributed by atoms with Crippen molar-refractivity contribution in [1.29, 1.82) is 0 Å². The number of thiocarbonyl (C=S) groups is 1. The van der Waals surface area contributed by atoms with E-state index in [0.29, 0.717) is 18.3 Å². The highest BCUT2D eigenvalue weighted by molar-refractivity contribution is 7.80. The number of nitrogens with zero attached hydrogens (tertiary/aromatic N) is 1. The fourth-order valence-corrected chi connectivity index (χ4v) is 1.99. The molecule has 0 radical (unpaired) electrons. The van der Waals surface area contributed by atoms with Crippen LogP contribution in [0.4, 0.5) is 17.2 Å². The first kappa shape index (κ1) is 16.2. The maximum Gasteiger partial charge on any atom is 0.170 e. The van der Waals surface area contributed by atoms with Crippen LogP contribution in [0.3, 0.4) is 0 Å². The highest BCUT2D eigenvalue weighted by atomic mass is 32.1. The second-order valence-electron chi connectivity index (χ2n) is 4.80. The molecular formula is C16H20N4OS. The Bertz CT molecular complexity index is 599. The van der Waals surface area contributed by atoms with Crippen molar-refractivity contribution in [2.24, 2.45) is 0 Å². The zero-order chi connectivity index (χ0) is 15.8. The first-order valence-corrected chi connectivity index (χ1v) is 7.42. The molecule has 3 N–H and O–H groups in total. The number of methoxy groups -OCH3 is 1. The average Bonchev–Trinajstić information content (AvgIpc) is 2.52. The molecule has 0 atom stereocenters. The second kappa shape index (κ2) is 8.31. The van der Waals surface area contributed by atoms with Crippen molar-refractivity contribution in [2.75, 3.05) is 30.9 Å². The number of hydrogen-bond donors (Lipinski definition) is 3. The van der Waals surface area contributed by atoms with Gasteiger partial charge in [-0.2, -0.15) is 0 Å². The minimum Gasteiger partial charge on any atom is -0.383 e. The summed E-state index contributed by atoms with van der Waals surface area (Å²) in [6, 6.07) is 12.0. The first-order valence-electron chi connectivity index (χ1n) is 7.01. The quantitative estimate of drug-likeness (QED) is 0.562. The lowest BCUT2D eigenvalue weighted by atomic mass is 10.2. The zero-order valence-corrected chi connectivity index (χ0v) is 13.5. The number of ether oxygens (including phenoxy) is 1. The van der Waals surface area contributed by atoms with Crippen LogP contribution in [0, 0.1) is 6.92 Å². The molecule has 0 aliphatic rings. The van der Waals surface area contributed by atoms with Crippen LogP contribution in [0.25, 0.3) is 0 Å². The van der Waals surface area contributed by atoms with E-state index in [1.807, 2.05) is 24.3 Å². The molecule has 0 bridgehead atoms. The van der Waals surface area contributed by atoms with Crippen molar-refractivity contribution in [3.8, 4) is 0 Å². The molecule has 5 nitrogen and oxygen atoms in total. The van der Waals surface area contributed by atoms with Gasteiger partial charge in [0.25, 0.3) is 0 Å². The Balaban J connectivity index is 1.87. The van der Waals surface area contributed by atoms with Crippen molar-refractivity contribution >= 4 is 34.5 Å². The van der Waals surface area contributed by atoms with Gasteiger partial charge < -0.3 is 20.7 Å². The van der Waals surface area contributed by atoms with Gasteiger partial charge in [0.15, 0.2) is 5.11 Å². The van der Waals surface area contributed by atoms with Crippen molar-refractivity contribution in [3.05, 3.63) is 48.2 Å². The Kier molecular flexibility index (Phi) is 6.12. The minimum atomic E-state index is 0.554. The summed E-state index contributed by atoms with van der Waals surface area (Å²) in [7, 11) is 1.65. The van der Waals surface area contributed by atoms with Gasteiger partial charge >= 0.3 is 0 Å². The Morgan fingerprint density at radius 1 is 1.14 bits per heavy atom. The van der Waals surface area contributed by atoms with E-state index in [2.05, 4.69) is 40.0 Å². The number of anilines is 3. The summed E-state index contributed by atoms with van der Waals surface area (Å²) in [5.74, 6) is 0.785. The van der Waals surface area contributed by atoms with E-state index < -0.39 is 0 Å². The molecule has 2 aromatic rings. The third-order valence-corrected chi connectivity index (χ3v) is 3.18. The van der Waals surface area contributed by atoms with Crippen LogP contribution in [0.2, 0.25) is 0 Å². The zero-order valence-electron chi connectivity index (χ0n) is 12.7. The van der Waals surface area contributed by atoms with Crippen LogP contribution in [0.15, 0.2) is 42.6 Å². The van der Waals surface area contributed by atoms with Gasteiger partial charge in [-0.15, -0.1) is 0 Å². The van der Waals surface area contributed by atoms with Crippen LogP contribution in [0.5, 0.6) is 0 Å². The molecule has 0 aliphatic heterocycles. The summed E-state index contributed by atoms with van der Waals surface area (Å²) in [6.07, 6.45) is 1.74. The monoisotopic (exact) mass is 316 g/mol. The lowest BCUT2D eigenvalue weighted by molar-refractivity contribution is 0.204. The SMILES string of the molecule is COCCNC(=S)Nc1ccc(Nc2ccc(C)cc2)nc1. The summed E-state index contributed by atoms with van der Waals surface area (Å²) in [5.41, 5.74) is 3.08. The fraction of sp³-hybridized carbons (Fsp3) is 0.250. The molecule has 116 valence electrons. The Labute approximate surface area is 136 Å². The normalized spacial score (nSPS) is 10.1. The molecule has 1 aromatic heterocycles. The highest BCUT2D eigenvalue weighted by Gasteiger charge is 1.99. The van der Waals surface area contributed by atoms with E-state index in [4.69, 9.17) is 17.0 Å². The van der Waals surface area contributed by atoms with Gasteiger partial charge in [-0.25, -0.2) is 4.98 Å². The lowest BCUT2D eigenvalue weighted by Gasteiger charge is -2.11. The van der Waals surface area contributed by atoms with Crippen molar-refractivity contribution in [3.63, 3.8) is 0 Å². The first-order chi connectivity index (χ1) is 10.7. The second-order valence-corrected chi connectivity index (χ2v) is 5.21. The molecule has 6 heteroatoms. The van der Waals surface area contributed by atoms with Crippen molar-refractivity contribution in [2.45, 2.75) is 6.92 Å². The van der Waals surface area contributed by atoms with Crippen LogP contribution in [0.1, 0.15) is 5.56 Å². The van der Waals surface area contributed by atoms with E-state index in [1.54, 1.807) is 13.3 Å². The minimum absolute atomic E-state index is 0.554. The highest BCUT2D eigenvalue weighted by Crippen LogP contribution is 2.16. The maximum absolute atomic E-state index is 5.18. The fourth-order valence-electron chi connectivity index (χ4n) is 1.77. The number of pyridine rings is 1. The smallest absolute Gasteiger partial charge is 0.170 e. The van der Waals surface area contributed by atoms with Crippen LogP contribution in [-0.4, -0.2) is 30.4 Å². The van der Waals surface area contributed by atoms with Crippen LogP contribution >= 0.6 is 12.2 Å². The molecule has 0 amide bonds. The Morgan fingerprint density at radius 2 is 1.86 bits per heavy atom. The third-order valence-electron chi connectivity index (χ3n) is 2.94. The summed E-state index contributed by atoms with van der Waals surface area (Å²) in [5, 5.41) is 9.92. The van der Waals surface area contributed by atoms with E-state index in [1.165, 1.54) is 5.56 Å². The van der Waals surface area contributed by atoms with E-state index >= 15 is 0 Å². The van der Waals surface area contributed by atoms with Gasteiger partial charge in [-0.3, -0.25) is 0 Å². The summed E-state index contributed by atoms with van der Waals surface area (Å²) in [6.45, 7) is 3.34. The topological polar surface area (TPSA) is 58.2 Å². The summed E-state index contributed by atoms with van der Waals surface area (Å²) < 4.78 is 4.95. The molecule has 0 saturated heterocycles. The Hall–Kier alpha value is -2.18. The summed E-state index contributed by atoms with van der Waals surface area (Å²) in [4.78, 5) is 4.36. The van der Waals surface area contributed by atoms with Gasteiger partial charge in [0.2, 0.25) is 0 Å². The molecule has 0 saturated carbocycles. The molecule has 1 heterocycles. The molecule has 0 unspecified atom stereocenters. The van der Waals surface area contributed by atoms with Gasteiger partial charge in [-0.05, 0) is 43.4 Å². The molecule has 2 rings (SSSR count). The van der Waals surface area contributed by atoms with Crippen LogP contribution in [-0.2, 0) is 4.74 Å². The molecule has 22 heavy (non-hydrogen) atoms. The third kappa shape index (κ3) is 5.31. The molecule has 1 aromatic carbocycles. The van der Waals surface area contributed by atoms with Gasteiger partial charge in [0.1, 0.15) is 5.82 Å². The maximum atomic E-state index is 5.18. The van der Waals surface area contributed by atoms with E-state index in [0.717, 1.165) is 17.2 Å². The number of aryl methyl sites for hydroxylation is 1. The predicted octanol–water partition coefficient (Wildman–Crippen LogP) is 3.07. The van der Waals surface area contributed by atoms with E-state index in [-0.39, 0.29) is 0 Å². The molecule has 0 aliphatic carbocycles. The average molecular weight is 316 g/mol. The Morgan fingerprint density at radius 3 is 2.50 bits per heavy atom. The van der Waals surface area contributed by atoms with E-state index in [9.17, 15) is 0 Å². The number of benzene rings is 1. The summed E-state index contributed by atoms with van der Waals surface area (Å²) >= 11 is 5.18. The number of rotatable bonds is 6. The van der Waals surface area contributed by atoms with Gasteiger partial charge in [-0.1, -0.05) is 17.7 Å². The molecule has 0 fully saturated rings. The predicted molar refractivity (Wildman–Crippen MR) is 94.8 cm³/mol. The standard InChI is InChI=1S/C16H20N4OS/c1-12-3-5-13(6-4-12)19-15-8-7-14(11-18-15)20-16(22)17-9-10-21-2/h3-8,11H,9-10H2,1-2H3,(H,18,19)(H2,17,20,22). The number of hydrogen-bond acceptors (Lipinski definition) is 4. The van der Waals surface area contributed by atoms with Gasteiger partial charge in [0.05, 0.1) is 18.5 Å². The molecular weight excluding hydrogens is 296 g/mol. The lowest BCUT2D eigenvalue weighted by Crippen LogP contribution is -2.31. The largest absolute Gasteiger partial charge is 0.383 e.